The Morgan fingerprint density at radius 3 is 2.86 bits per heavy atom. The van der Waals surface area contributed by atoms with Crippen molar-refractivity contribution in [2.24, 2.45) is 0 Å². The first-order chi connectivity index (χ1) is 6.53. The minimum atomic E-state index is -0.322. The molecule has 1 amide bonds. The van der Waals surface area contributed by atoms with Gasteiger partial charge in [-0.25, -0.2) is 0 Å². The monoisotopic (exact) mass is 219 g/mol. The van der Waals surface area contributed by atoms with Gasteiger partial charge >= 0.3 is 0 Å². The van der Waals surface area contributed by atoms with Crippen LogP contribution >= 0.6 is 11.6 Å². The highest BCUT2D eigenvalue weighted by atomic mass is 35.5. The van der Waals surface area contributed by atoms with E-state index in [1.54, 1.807) is 0 Å². The highest BCUT2D eigenvalue weighted by Crippen LogP contribution is 2.15. The van der Waals surface area contributed by atoms with Gasteiger partial charge in [0.1, 0.15) is 0 Å². The van der Waals surface area contributed by atoms with E-state index in [1.807, 2.05) is 13.8 Å². The smallest absolute Gasteiger partial charge is 0.223 e. The third-order valence-electron chi connectivity index (χ3n) is 2.25. The number of halogens is 1. The molecule has 82 valence electrons. The maximum absolute atomic E-state index is 11.5. The SMILES string of the molecule is CC(C)(CCl)NC(=O)CC1CCCO1. The number of carbonyl (C=O) groups is 1. The molecule has 1 aliphatic rings. The van der Waals surface area contributed by atoms with Crippen LogP contribution in [-0.4, -0.2) is 30.0 Å². The van der Waals surface area contributed by atoms with E-state index in [-0.39, 0.29) is 17.6 Å². The largest absolute Gasteiger partial charge is 0.378 e. The lowest BCUT2D eigenvalue weighted by Gasteiger charge is -2.24. The Morgan fingerprint density at radius 1 is 1.64 bits per heavy atom. The Balaban J connectivity index is 2.27. The summed E-state index contributed by atoms with van der Waals surface area (Å²) in [6.07, 6.45) is 2.63. The normalized spacial score (nSPS) is 22.4. The first-order valence-corrected chi connectivity index (χ1v) is 5.55. The third kappa shape index (κ3) is 3.84. The molecule has 0 radical (unpaired) electrons. The molecule has 1 N–H and O–H groups in total. The average molecular weight is 220 g/mol. The predicted molar refractivity (Wildman–Crippen MR) is 56.5 cm³/mol. The van der Waals surface area contributed by atoms with Crippen LogP contribution in [0, 0.1) is 0 Å². The van der Waals surface area contributed by atoms with Crippen molar-refractivity contribution >= 4 is 17.5 Å². The summed E-state index contributed by atoms with van der Waals surface area (Å²) in [6.45, 7) is 4.61. The van der Waals surface area contributed by atoms with E-state index >= 15 is 0 Å². The molecule has 0 aromatic carbocycles. The maximum Gasteiger partial charge on any atom is 0.223 e. The summed E-state index contributed by atoms with van der Waals surface area (Å²) < 4.78 is 5.38. The van der Waals surface area contributed by atoms with Gasteiger partial charge in [0.25, 0.3) is 0 Å². The molecule has 0 bridgehead atoms. The number of nitrogens with one attached hydrogen (secondary N) is 1. The second kappa shape index (κ2) is 4.99. The van der Waals surface area contributed by atoms with E-state index in [4.69, 9.17) is 16.3 Å². The van der Waals surface area contributed by atoms with Crippen molar-refractivity contribution in [1.29, 1.82) is 0 Å². The second-order valence-corrected chi connectivity index (χ2v) is 4.67. The van der Waals surface area contributed by atoms with Gasteiger partial charge in [-0.1, -0.05) is 0 Å². The molecule has 0 aliphatic carbocycles. The lowest BCUT2D eigenvalue weighted by atomic mass is 10.1. The van der Waals surface area contributed by atoms with Crippen molar-refractivity contribution in [3.8, 4) is 0 Å². The molecule has 1 saturated heterocycles. The fraction of sp³-hybridized carbons (Fsp3) is 0.900. The zero-order valence-corrected chi connectivity index (χ0v) is 9.56. The van der Waals surface area contributed by atoms with Crippen LogP contribution in [-0.2, 0) is 9.53 Å². The molecule has 3 nitrogen and oxygen atoms in total. The highest BCUT2D eigenvalue weighted by Gasteiger charge is 2.23. The first kappa shape index (κ1) is 11.8. The van der Waals surface area contributed by atoms with Gasteiger partial charge in [0.15, 0.2) is 0 Å². The number of hydrogen-bond donors (Lipinski definition) is 1. The van der Waals surface area contributed by atoms with Gasteiger partial charge in [0, 0.05) is 18.0 Å². The summed E-state index contributed by atoms with van der Waals surface area (Å²) in [4.78, 5) is 11.5. The minimum Gasteiger partial charge on any atom is -0.378 e. The highest BCUT2D eigenvalue weighted by molar-refractivity contribution is 6.18. The van der Waals surface area contributed by atoms with E-state index < -0.39 is 0 Å². The maximum atomic E-state index is 11.5. The average Bonchev–Trinajstić information content (AvgIpc) is 2.55. The molecule has 1 atom stereocenters. The van der Waals surface area contributed by atoms with Gasteiger partial charge in [-0.2, -0.15) is 0 Å². The van der Waals surface area contributed by atoms with Crippen LogP contribution in [0.4, 0.5) is 0 Å². The lowest BCUT2D eigenvalue weighted by Crippen LogP contribution is -2.45. The summed E-state index contributed by atoms with van der Waals surface area (Å²) in [5, 5.41) is 2.88. The summed E-state index contributed by atoms with van der Waals surface area (Å²) in [5.74, 6) is 0.451. The second-order valence-electron chi connectivity index (χ2n) is 4.40. The Morgan fingerprint density at radius 2 is 2.36 bits per heavy atom. The van der Waals surface area contributed by atoms with Crippen molar-refractivity contribution in [1.82, 2.24) is 5.32 Å². The van der Waals surface area contributed by atoms with E-state index in [0.29, 0.717) is 12.3 Å². The lowest BCUT2D eigenvalue weighted by molar-refractivity contribution is -0.124. The Bertz CT molecular complexity index is 200. The number of carbonyl (C=O) groups excluding carboxylic acids is 1. The third-order valence-corrected chi connectivity index (χ3v) is 2.92. The molecule has 1 heterocycles. The van der Waals surface area contributed by atoms with Crippen LogP contribution in [0.25, 0.3) is 0 Å². The Hall–Kier alpha value is -0.280. The Labute approximate surface area is 90.1 Å². The molecule has 1 rings (SSSR count). The van der Waals surface area contributed by atoms with Crippen LogP contribution in [0.5, 0.6) is 0 Å². The molecule has 0 aromatic rings. The number of hydrogen-bond acceptors (Lipinski definition) is 2. The van der Waals surface area contributed by atoms with Crippen molar-refractivity contribution < 1.29 is 9.53 Å². The molecule has 1 fully saturated rings. The van der Waals surface area contributed by atoms with Crippen molar-refractivity contribution in [2.75, 3.05) is 12.5 Å². The Kier molecular flexibility index (Phi) is 4.20. The first-order valence-electron chi connectivity index (χ1n) is 5.02. The summed E-state index contributed by atoms with van der Waals surface area (Å²) in [7, 11) is 0. The van der Waals surface area contributed by atoms with Crippen LogP contribution in [0.2, 0.25) is 0 Å². The number of amides is 1. The van der Waals surface area contributed by atoms with Gasteiger partial charge < -0.3 is 10.1 Å². The van der Waals surface area contributed by atoms with Crippen molar-refractivity contribution in [2.45, 2.75) is 44.8 Å². The minimum absolute atomic E-state index is 0.0301. The van der Waals surface area contributed by atoms with E-state index in [2.05, 4.69) is 5.32 Å². The molecule has 14 heavy (non-hydrogen) atoms. The number of ether oxygens (including phenoxy) is 1. The van der Waals surface area contributed by atoms with E-state index in [1.165, 1.54) is 0 Å². The molecule has 0 aromatic heterocycles. The fourth-order valence-corrected chi connectivity index (χ4v) is 1.54. The molecule has 0 spiro atoms. The number of rotatable bonds is 4. The molecule has 1 aliphatic heterocycles. The summed E-state index contributed by atoms with van der Waals surface area (Å²) >= 11 is 5.71. The van der Waals surface area contributed by atoms with Crippen LogP contribution in [0.1, 0.15) is 33.1 Å². The molecule has 1 unspecified atom stereocenters. The van der Waals surface area contributed by atoms with Crippen LogP contribution in [0.3, 0.4) is 0 Å². The molecule has 4 heteroatoms. The summed E-state index contributed by atoms with van der Waals surface area (Å²) in [5.41, 5.74) is -0.322. The van der Waals surface area contributed by atoms with E-state index in [0.717, 1.165) is 19.4 Å². The van der Waals surface area contributed by atoms with Crippen LogP contribution in [0.15, 0.2) is 0 Å². The topological polar surface area (TPSA) is 38.3 Å². The zero-order chi connectivity index (χ0) is 10.6. The van der Waals surface area contributed by atoms with Gasteiger partial charge in [-0.3, -0.25) is 4.79 Å². The van der Waals surface area contributed by atoms with Crippen molar-refractivity contribution in [3.05, 3.63) is 0 Å². The van der Waals surface area contributed by atoms with Crippen LogP contribution < -0.4 is 5.32 Å². The molecular weight excluding hydrogens is 202 g/mol. The van der Waals surface area contributed by atoms with Gasteiger partial charge in [0.05, 0.1) is 12.5 Å². The number of alkyl halides is 1. The predicted octanol–water partition coefficient (Wildman–Crippen LogP) is 1.69. The van der Waals surface area contributed by atoms with Gasteiger partial charge in [-0.05, 0) is 26.7 Å². The van der Waals surface area contributed by atoms with Gasteiger partial charge in [0.2, 0.25) is 5.91 Å². The van der Waals surface area contributed by atoms with Crippen molar-refractivity contribution in [3.63, 3.8) is 0 Å². The van der Waals surface area contributed by atoms with Gasteiger partial charge in [-0.15, -0.1) is 11.6 Å². The molecular formula is C10H18ClNO2. The fourth-order valence-electron chi connectivity index (χ4n) is 1.47. The standard InChI is InChI=1S/C10H18ClNO2/c1-10(2,7-11)12-9(13)6-8-4-3-5-14-8/h8H,3-7H2,1-2H3,(H,12,13). The molecule has 0 saturated carbocycles. The quantitative estimate of drug-likeness (QED) is 0.731. The van der Waals surface area contributed by atoms with E-state index in [9.17, 15) is 4.79 Å². The zero-order valence-electron chi connectivity index (χ0n) is 8.81. The summed E-state index contributed by atoms with van der Waals surface area (Å²) in [6, 6.07) is 0.